The van der Waals surface area contributed by atoms with Crippen LogP contribution in [0.4, 0.5) is 0 Å². The molecule has 0 atom stereocenters. The van der Waals surface area contributed by atoms with Gasteiger partial charge in [-0.05, 0) is 31.0 Å². The first-order valence-electron chi connectivity index (χ1n) is 6.83. The standard InChI is InChI=1S/C16H24O2/c1-4-7-11-17-15-9-10-16(14(6-3)13-15)18-12-8-5-2/h6,9-10,13H,3-5,7-8,11-12H2,1-2H3. The molecule has 0 saturated carbocycles. The van der Waals surface area contributed by atoms with E-state index in [0.717, 1.165) is 56.0 Å². The van der Waals surface area contributed by atoms with Crippen LogP contribution in [0.1, 0.15) is 45.1 Å². The Labute approximate surface area is 111 Å². The Morgan fingerprint density at radius 1 is 1.06 bits per heavy atom. The lowest BCUT2D eigenvalue weighted by Crippen LogP contribution is -2.00. The molecule has 1 aromatic rings. The van der Waals surface area contributed by atoms with Gasteiger partial charge in [-0.1, -0.05) is 39.3 Å². The van der Waals surface area contributed by atoms with Crippen molar-refractivity contribution < 1.29 is 9.47 Å². The molecule has 0 amide bonds. The number of hydrogen-bond donors (Lipinski definition) is 0. The lowest BCUT2D eigenvalue weighted by Gasteiger charge is -2.11. The smallest absolute Gasteiger partial charge is 0.126 e. The maximum Gasteiger partial charge on any atom is 0.126 e. The SMILES string of the molecule is C=Cc1cc(OCCCC)ccc1OCCCC. The highest BCUT2D eigenvalue weighted by Crippen LogP contribution is 2.25. The van der Waals surface area contributed by atoms with Crippen LogP contribution in [-0.2, 0) is 0 Å². The largest absolute Gasteiger partial charge is 0.494 e. The van der Waals surface area contributed by atoms with E-state index in [0.29, 0.717) is 0 Å². The average molecular weight is 248 g/mol. The molecule has 1 aromatic carbocycles. The van der Waals surface area contributed by atoms with Gasteiger partial charge in [-0.15, -0.1) is 0 Å². The minimum Gasteiger partial charge on any atom is -0.494 e. The molecule has 18 heavy (non-hydrogen) atoms. The van der Waals surface area contributed by atoms with Gasteiger partial charge in [-0.25, -0.2) is 0 Å². The number of ether oxygens (including phenoxy) is 2. The number of rotatable bonds is 9. The predicted octanol–water partition coefficient (Wildman–Crippen LogP) is 4.69. The van der Waals surface area contributed by atoms with Crippen LogP contribution >= 0.6 is 0 Å². The van der Waals surface area contributed by atoms with Gasteiger partial charge in [0.2, 0.25) is 0 Å². The fraction of sp³-hybridized carbons (Fsp3) is 0.500. The van der Waals surface area contributed by atoms with E-state index in [1.165, 1.54) is 0 Å². The Balaban J connectivity index is 2.61. The van der Waals surface area contributed by atoms with Crippen molar-refractivity contribution >= 4 is 6.08 Å². The highest BCUT2D eigenvalue weighted by atomic mass is 16.5. The third-order valence-electron chi connectivity index (χ3n) is 2.72. The molecule has 2 nitrogen and oxygen atoms in total. The van der Waals surface area contributed by atoms with Crippen LogP contribution in [0.2, 0.25) is 0 Å². The van der Waals surface area contributed by atoms with Gasteiger partial charge in [-0.2, -0.15) is 0 Å². The van der Waals surface area contributed by atoms with E-state index in [1.54, 1.807) is 0 Å². The zero-order valence-corrected chi connectivity index (χ0v) is 11.6. The van der Waals surface area contributed by atoms with E-state index in [-0.39, 0.29) is 0 Å². The first kappa shape index (κ1) is 14.6. The summed E-state index contributed by atoms with van der Waals surface area (Å²) in [4.78, 5) is 0. The third-order valence-corrected chi connectivity index (χ3v) is 2.72. The first-order valence-corrected chi connectivity index (χ1v) is 6.83. The Morgan fingerprint density at radius 2 is 1.72 bits per heavy atom. The van der Waals surface area contributed by atoms with Crippen LogP contribution in [-0.4, -0.2) is 13.2 Å². The number of benzene rings is 1. The second-order valence-electron chi connectivity index (χ2n) is 4.31. The molecule has 0 aliphatic heterocycles. The van der Waals surface area contributed by atoms with Crippen molar-refractivity contribution in [1.82, 2.24) is 0 Å². The van der Waals surface area contributed by atoms with E-state index < -0.39 is 0 Å². The summed E-state index contributed by atoms with van der Waals surface area (Å²) in [6.07, 6.45) is 6.26. The van der Waals surface area contributed by atoms with Gasteiger partial charge in [0.05, 0.1) is 13.2 Å². The molecule has 0 aliphatic carbocycles. The average Bonchev–Trinajstić information content (AvgIpc) is 2.40. The topological polar surface area (TPSA) is 18.5 Å². The molecular weight excluding hydrogens is 224 g/mol. The molecule has 0 spiro atoms. The summed E-state index contributed by atoms with van der Waals surface area (Å²) in [5, 5.41) is 0. The van der Waals surface area contributed by atoms with Gasteiger partial charge in [-0.3, -0.25) is 0 Å². The second-order valence-corrected chi connectivity index (χ2v) is 4.31. The molecule has 0 N–H and O–H groups in total. The molecule has 0 bridgehead atoms. The van der Waals surface area contributed by atoms with Gasteiger partial charge >= 0.3 is 0 Å². The molecule has 0 radical (unpaired) electrons. The monoisotopic (exact) mass is 248 g/mol. The normalized spacial score (nSPS) is 10.1. The number of unbranched alkanes of at least 4 members (excludes halogenated alkanes) is 2. The summed E-state index contributed by atoms with van der Waals surface area (Å²) in [7, 11) is 0. The lowest BCUT2D eigenvalue weighted by atomic mass is 10.2. The zero-order valence-electron chi connectivity index (χ0n) is 11.6. The molecular formula is C16H24O2. The van der Waals surface area contributed by atoms with E-state index in [9.17, 15) is 0 Å². The molecule has 0 aromatic heterocycles. The Kier molecular flexibility index (Phi) is 7.00. The summed E-state index contributed by atoms with van der Waals surface area (Å²) in [5.74, 6) is 1.78. The van der Waals surface area contributed by atoms with Crippen molar-refractivity contribution in [3.8, 4) is 11.5 Å². The highest BCUT2D eigenvalue weighted by molar-refractivity contribution is 5.58. The third kappa shape index (κ3) is 4.82. The van der Waals surface area contributed by atoms with Crippen LogP contribution in [0.25, 0.3) is 6.08 Å². The molecule has 100 valence electrons. The summed E-state index contributed by atoms with van der Waals surface area (Å²) in [6.45, 7) is 9.66. The minimum absolute atomic E-state index is 0.757. The Hall–Kier alpha value is -1.44. The number of hydrogen-bond acceptors (Lipinski definition) is 2. The van der Waals surface area contributed by atoms with E-state index >= 15 is 0 Å². The Morgan fingerprint density at radius 3 is 2.33 bits per heavy atom. The van der Waals surface area contributed by atoms with Crippen molar-refractivity contribution in [2.75, 3.05) is 13.2 Å². The van der Waals surface area contributed by atoms with Gasteiger partial charge < -0.3 is 9.47 Å². The quantitative estimate of drug-likeness (QED) is 0.590. The summed E-state index contributed by atoms with van der Waals surface area (Å²) in [6, 6.07) is 5.92. The van der Waals surface area contributed by atoms with Crippen LogP contribution in [0, 0.1) is 0 Å². The van der Waals surface area contributed by atoms with Gasteiger partial charge in [0.25, 0.3) is 0 Å². The fourth-order valence-corrected chi connectivity index (χ4v) is 1.57. The summed E-state index contributed by atoms with van der Waals surface area (Å²) in [5.41, 5.74) is 1.00. The maximum atomic E-state index is 5.72. The van der Waals surface area contributed by atoms with Crippen LogP contribution in [0.15, 0.2) is 24.8 Å². The summed E-state index contributed by atoms with van der Waals surface area (Å²) >= 11 is 0. The van der Waals surface area contributed by atoms with Gasteiger partial charge in [0, 0.05) is 5.56 Å². The van der Waals surface area contributed by atoms with Gasteiger partial charge in [0.15, 0.2) is 0 Å². The van der Waals surface area contributed by atoms with E-state index in [1.807, 2.05) is 24.3 Å². The molecule has 0 unspecified atom stereocenters. The van der Waals surface area contributed by atoms with Crippen molar-refractivity contribution in [2.45, 2.75) is 39.5 Å². The van der Waals surface area contributed by atoms with E-state index in [2.05, 4.69) is 20.4 Å². The van der Waals surface area contributed by atoms with Crippen molar-refractivity contribution in [2.24, 2.45) is 0 Å². The van der Waals surface area contributed by atoms with Crippen LogP contribution in [0.3, 0.4) is 0 Å². The lowest BCUT2D eigenvalue weighted by molar-refractivity contribution is 0.300. The molecule has 0 aliphatic rings. The molecule has 0 heterocycles. The van der Waals surface area contributed by atoms with Gasteiger partial charge in [0.1, 0.15) is 11.5 Å². The predicted molar refractivity (Wildman–Crippen MR) is 77.3 cm³/mol. The van der Waals surface area contributed by atoms with Crippen molar-refractivity contribution in [3.05, 3.63) is 30.3 Å². The minimum atomic E-state index is 0.757. The Bertz CT molecular complexity index is 358. The molecule has 2 heteroatoms. The summed E-state index contributed by atoms with van der Waals surface area (Å²) < 4.78 is 11.4. The van der Waals surface area contributed by atoms with Crippen LogP contribution in [0.5, 0.6) is 11.5 Å². The fourth-order valence-electron chi connectivity index (χ4n) is 1.57. The first-order chi connectivity index (χ1) is 8.81. The second kappa shape index (κ2) is 8.62. The van der Waals surface area contributed by atoms with Crippen LogP contribution < -0.4 is 9.47 Å². The zero-order chi connectivity index (χ0) is 13.2. The van der Waals surface area contributed by atoms with Crippen molar-refractivity contribution in [3.63, 3.8) is 0 Å². The highest BCUT2D eigenvalue weighted by Gasteiger charge is 2.03. The molecule has 0 saturated heterocycles. The molecule has 1 rings (SSSR count). The maximum absolute atomic E-state index is 5.72. The van der Waals surface area contributed by atoms with E-state index in [4.69, 9.17) is 9.47 Å². The molecule has 0 fully saturated rings. The van der Waals surface area contributed by atoms with Crippen molar-refractivity contribution in [1.29, 1.82) is 0 Å².